The minimum Gasteiger partial charge on any atom is -0.300 e. The van der Waals surface area contributed by atoms with Crippen LogP contribution in [-0.4, -0.2) is 15.8 Å². The Morgan fingerprint density at radius 1 is 1.41 bits per heavy atom. The number of hydrogen-bond donors (Lipinski definition) is 1. The molecule has 0 aliphatic carbocycles. The van der Waals surface area contributed by atoms with Gasteiger partial charge in [-0.3, -0.25) is 5.32 Å². The summed E-state index contributed by atoms with van der Waals surface area (Å²) in [6.07, 6.45) is 9.16. The van der Waals surface area contributed by atoms with E-state index < -0.39 is 0 Å². The monoisotopic (exact) mass is 225 g/mol. The first kappa shape index (κ1) is 11.4. The van der Waals surface area contributed by atoms with Crippen LogP contribution in [-0.2, 0) is 6.54 Å². The molecule has 1 heterocycles. The summed E-state index contributed by atoms with van der Waals surface area (Å²) in [5, 5.41) is 7.54. The van der Waals surface area contributed by atoms with Crippen molar-refractivity contribution >= 4 is 0 Å². The van der Waals surface area contributed by atoms with Gasteiger partial charge in [-0.1, -0.05) is 24.1 Å². The van der Waals surface area contributed by atoms with E-state index >= 15 is 0 Å². The molecule has 0 aliphatic heterocycles. The van der Waals surface area contributed by atoms with Gasteiger partial charge in [0.05, 0.1) is 17.9 Å². The molecule has 0 bridgehead atoms. The highest BCUT2D eigenvalue weighted by atomic mass is 15.3. The number of benzene rings is 1. The van der Waals surface area contributed by atoms with Crippen LogP contribution < -0.4 is 5.32 Å². The van der Waals surface area contributed by atoms with Crippen molar-refractivity contribution in [3.63, 3.8) is 0 Å². The van der Waals surface area contributed by atoms with E-state index in [0.717, 1.165) is 17.8 Å². The molecule has 17 heavy (non-hydrogen) atoms. The zero-order chi connectivity index (χ0) is 12.1. The molecule has 0 spiro atoms. The van der Waals surface area contributed by atoms with Crippen molar-refractivity contribution in [1.82, 2.24) is 15.1 Å². The Hall–Kier alpha value is -2.05. The third-order valence-corrected chi connectivity index (χ3v) is 2.52. The van der Waals surface area contributed by atoms with E-state index in [9.17, 15) is 0 Å². The summed E-state index contributed by atoms with van der Waals surface area (Å²) in [6, 6.07) is 10.1. The lowest BCUT2D eigenvalue weighted by atomic mass is 10.3. The number of terminal acetylenes is 1. The Bertz CT molecular complexity index is 508. The molecule has 2 aromatic rings. The number of nitrogens with zero attached hydrogens (tertiary/aromatic N) is 2. The SMILES string of the molecule is C#CC(C)NCc1cnn(-c2ccccc2)c1. The van der Waals surface area contributed by atoms with Crippen molar-refractivity contribution in [2.24, 2.45) is 0 Å². The second-order valence-corrected chi connectivity index (χ2v) is 3.90. The van der Waals surface area contributed by atoms with E-state index in [1.54, 1.807) is 0 Å². The predicted molar refractivity (Wildman–Crippen MR) is 68.7 cm³/mol. The molecule has 3 heteroatoms. The van der Waals surface area contributed by atoms with E-state index in [-0.39, 0.29) is 6.04 Å². The largest absolute Gasteiger partial charge is 0.300 e. The van der Waals surface area contributed by atoms with Crippen LogP contribution in [0.15, 0.2) is 42.7 Å². The second kappa shape index (κ2) is 5.33. The zero-order valence-corrected chi connectivity index (χ0v) is 9.80. The van der Waals surface area contributed by atoms with E-state index in [2.05, 4.69) is 16.3 Å². The summed E-state index contributed by atoms with van der Waals surface area (Å²) in [5.41, 5.74) is 2.18. The molecule has 0 radical (unpaired) electrons. The molecule has 0 aliphatic rings. The van der Waals surface area contributed by atoms with Crippen LogP contribution in [0.2, 0.25) is 0 Å². The van der Waals surface area contributed by atoms with Gasteiger partial charge in [0, 0.05) is 18.3 Å². The molecule has 0 saturated carbocycles. The normalized spacial score (nSPS) is 12.0. The fourth-order valence-corrected chi connectivity index (χ4v) is 1.50. The first-order valence-electron chi connectivity index (χ1n) is 5.58. The molecule has 1 aromatic carbocycles. The summed E-state index contributed by atoms with van der Waals surface area (Å²) < 4.78 is 1.86. The Kier molecular flexibility index (Phi) is 3.59. The number of aromatic nitrogens is 2. The zero-order valence-electron chi connectivity index (χ0n) is 9.80. The standard InChI is InChI=1S/C14H15N3/c1-3-12(2)15-9-13-10-16-17(11-13)14-7-5-4-6-8-14/h1,4-8,10-12,15H,9H2,2H3. The summed E-state index contributed by atoms with van der Waals surface area (Å²) in [4.78, 5) is 0. The Morgan fingerprint density at radius 2 is 2.18 bits per heavy atom. The maximum Gasteiger partial charge on any atom is 0.0660 e. The maximum atomic E-state index is 5.30. The molecule has 3 nitrogen and oxygen atoms in total. The van der Waals surface area contributed by atoms with Crippen LogP contribution in [0.4, 0.5) is 0 Å². The number of hydrogen-bond acceptors (Lipinski definition) is 2. The smallest absolute Gasteiger partial charge is 0.0660 e. The number of para-hydroxylation sites is 1. The summed E-state index contributed by atoms with van der Waals surface area (Å²) in [5.74, 6) is 2.64. The van der Waals surface area contributed by atoms with E-state index in [4.69, 9.17) is 6.42 Å². The third kappa shape index (κ3) is 2.96. The lowest BCUT2D eigenvalue weighted by Crippen LogP contribution is -2.23. The first-order chi connectivity index (χ1) is 8.29. The van der Waals surface area contributed by atoms with Gasteiger partial charge < -0.3 is 0 Å². The minimum atomic E-state index is 0.0788. The van der Waals surface area contributed by atoms with E-state index in [1.165, 1.54) is 0 Å². The van der Waals surface area contributed by atoms with Crippen molar-refractivity contribution in [3.8, 4) is 18.0 Å². The molecule has 0 saturated heterocycles. The minimum absolute atomic E-state index is 0.0788. The molecule has 1 aromatic heterocycles. The Labute approximate surface area is 101 Å². The average molecular weight is 225 g/mol. The predicted octanol–water partition coefficient (Wildman–Crippen LogP) is 1.98. The van der Waals surface area contributed by atoms with Crippen molar-refractivity contribution in [3.05, 3.63) is 48.3 Å². The van der Waals surface area contributed by atoms with Crippen molar-refractivity contribution in [2.75, 3.05) is 0 Å². The van der Waals surface area contributed by atoms with Crippen LogP contribution >= 0.6 is 0 Å². The molecular formula is C14H15N3. The van der Waals surface area contributed by atoms with Crippen LogP contribution in [0, 0.1) is 12.3 Å². The molecular weight excluding hydrogens is 210 g/mol. The average Bonchev–Trinajstić information content (AvgIpc) is 2.86. The number of rotatable bonds is 4. The fraction of sp³-hybridized carbons (Fsp3) is 0.214. The maximum absolute atomic E-state index is 5.30. The lowest BCUT2D eigenvalue weighted by molar-refractivity contribution is 0.648. The van der Waals surface area contributed by atoms with E-state index in [1.807, 2.05) is 54.3 Å². The first-order valence-corrected chi connectivity index (χ1v) is 5.58. The molecule has 0 amide bonds. The summed E-state index contributed by atoms with van der Waals surface area (Å²) in [7, 11) is 0. The van der Waals surface area contributed by atoms with E-state index in [0.29, 0.717) is 0 Å². The molecule has 1 unspecified atom stereocenters. The molecule has 0 fully saturated rings. The fourth-order valence-electron chi connectivity index (χ4n) is 1.50. The van der Waals surface area contributed by atoms with Gasteiger partial charge >= 0.3 is 0 Å². The van der Waals surface area contributed by atoms with Crippen LogP contribution in [0.25, 0.3) is 5.69 Å². The lowest BCUT2D eigenvalue weighted by Gasteiger charge is -2.04. The van der Waals surface area contributed by atoms with Gasteiger partial charge in [0.2, 0.25) is 0 Å². The van der Waals surface area contributed by atoms with Crippen LogP contribution in [0.3, 0.4) is 0 Å². The molecule has 1 N–H and O–H groups in total. The van der Waals surface area contributed by atoms with Crippen LogP contribution in [0.1, 0.15) is 12.5 Å². The Balaban J connectivity index is 2.05. The highest BCUT2D eigenvalue weighted by Crippen LogP contribution is 2.07. The highest BCUT2D eigenvalue weighted by molar-refractivity contribution is 5.30. The van der Waals surface area contributed by atoms with Crippen molar-refractivity contribution in [2.45, 2.75) is 19.5 Å². The van der Waals surface area contributed by atoms with Gasteiger partial charge in [0.25, 0.3) is 0 Å². The third-order valence-electron chi connectivity index (χ3n) is 2.52. The van der Waals surface area contributed by atoms with Gasteiger partial charge in [0.15, 0.2) is 0 Å². The molecule has 2 rings (SSSR count). The van der Waals surface area contributed by atoms with Gasteiger partial charge in [-0.2, -0.15) is 5.10 Å². The summed E-state index contributed by atoms with van der Waals surface area (Å²) >= 11 is 0. The topological polar surface area (TPSA) is 29.9 Å². The highest BCUT2D eigenvalue weighted by Gasteiger charge is 2.01. The number of nitrogens with one attached hydrogen (secondary N) is 1. The van der Waals surface area contributed by atoms with Gasteiger partial charge in [-0.05, 0) is 19.1 Å². The van der Waals surface area contributed by atoms with Gasteiger partial charge in [0.1, 0.15) is 0 Å². The quantitative estimate of drug-likeness (QED) is 0.806. The summed E-state index contributed by atoms with van der Waals surface area (Å²) in [6.45, 7) is 2.69. The van der Waals surface area contributed by atoms with Crippen LogP contribution in [0.5, 0.6) is 0 Å². The Morgan fingerprint density at radius 3 is 2.88 bits per heavy atom. The van der Waals surface area contributed by atoms with Crippen molar-refractivity contribution < 1.29 is 0 Å². The molecule has 1 atom stereocenters. The van der Waals surface area contributed by atoms with Crippen molar-refractivity contribution in [1.29, 1.82) is 0 Å². The second-order valence-electron chi connectivity index (χ2n) is 3.90. The molecule has 86 valence electrons. The van der Waals surface area contributed by atoms with Gasteiger partial charge in [-0.25, -0.2) is 4.68 Å². The van der Waals surface area contributed by atoms with Gasteiger partial charge in [-0.15, -0.1) is 6.42 Å².